The van der Waals surface area contributed by atoms with E-state index >= 15 is 0 Å². The van der Waals surface area contributed by atoms with Crippen LogP contribution in [0.4, 0.5) is 0 Å². The quantitative estimate of drug-likeness (QED) is 0.796. The molecule has 3 rings (SSSR count). The molecule has 2 amide bonds. The topological polar surface area (TPSA) is 77.1 Å². The van der Waals surface area contributed by atoms with E-state index in [1.165, 1.54) is 0 Å². The molecule has 1 fully saturated rings. The summed E-state index contributed by atoms with van der Waals surface area (Å²) in [6.45, 7) is 1.45. The molecule has 0 radical (unpaired) electrons. The summed E-state index contributed by atoms with van der Waals surface area (Å²) in [6, 6.07) is 5.34. The van der Waals surface area contributed by atoms with Crippen molar-refractivity contribution in [2.45, 2.75) is 6.42 Å². The van der Waals surface area contributed by atoms with Crippen LogP contribution in [0.25, 0.3) is 0 Å². The standard InChI is InChI=1S/C15H18N2O5/c1-17-8-10(6-14(17)18)15(19)16-4-5-20-11-2-3-12-13(7-11)22-9-21-12/h2-3,7,10H,4-6,8-9H2,1H3,(H,16,19). The first-order chi connectivity index (χ1) is 10.6. The summed E-state index contributed by atoms with van der Waals surface area (Å²) in [6.07, 6.45) is 0.283. The fourth-order valence-corrected chi connectivity index (χ4v) is 2.49. The Morgan fingerprint density at radius 2 is 2.23 bits per heavy atom. The van der Waals surface area contributed by atoms with E-state index in [0.29, 0.717) is 36.9 Å². The van der Waals surface area contributed by atoms with Crippen LogP contribution >= 0.6 is 0 Å². The third-order valence-corrected chi connectivity index (χ3v) is 3.73. The molecule has 7 nitrogen and oxygen atoms in total. The van der Waals surface area contributed by atoms with Crippen molar-refractivity contribution in [3.8, 4) is 17.2 Å². The summed E-state index contributed by atoms with van der Waals surface area (Å²) in [5.74, 6) is 1.67. The molecule has 0 spiro atoms. The summed E-state index contributed by atoms with van der Waals surface area (Å²) in [7, 11) is 1.71. The second-order valence-electron chi connectivity index (χ2n) is 5.33. The van der Waals surface area contributed by atoms with E-state index in [2.05, 4.69) is 5.32 Å². The van der Waals surface area contributed by atoms with Crippen molar-refractivity contribution in [3.05, 3.63) is 18.2 Å². The number of benzene rings is 1. The Hall–Kier alpha value is -2.44. The van der Waals surface area contributed by atoms with E-state index in [-0.39, 0.29) is 30.9 Å². The largest absolute Gasteiger partial charge is 0.492 e. The normalized spacial score (nSPS) is 19.4. The third-order valence-electron chi connectivity index (χ3n) is 3.73. The van der Waals surface area contributed by atoms with E-state index in [0.717, 1.165) is 0 Å². The molecule has 0 saturated carbocycles. The van der Waals surface area contributed by atoms with Crippen LogP contribution in [0.1, 0.15) is 6.42 Å². The fourth-order valence-electron chi connectivity index (χ4n) is 2.49. The van der Waals surface area contributed by atoms with Crippen LogP contribution in [0.15, 0.2) is 18.2 Å². The molecule has 1 saturated heterocycles. The van der Waals surface area contributed by atoms with Crippen LogP contribution < -0.4 is 19.5 Å². The SMILES string of the molecule is CN1CC(C(=O)NCCOc2ccc3c(c2)OCO3)CC1=O. The molecule has 0 aromatic heterocycles. The number of ether oxygens (including phenoxy) is 3. The van der Waals surface area contributed by atoms with Crippen molar-refractivity contribution in [2.75, 3.05) is 33.5 Å². The Balaban J connectivity index is 1.40. The Morgan fingerprint density at radius 1 is 1.41 bits per heavy atom. The van der Waals surface area contributed by atoms with Gasteiger partial charge in [0.25, 0.3) is 0 Å². The van der Waals surface area contributed by atoms with E-state index in [1.54, 1.807) is 30.1 Å². The molecule has 2 heterocycles. The van der Waals surface area contributed by atoms with Gasteiger partial charge in [-0.05, 0) is 12.1 Å². The van der Waals surface area contributed by atoms with Gasteiger partial charge in [0.15, 0.2) is 11.5 Å². The van der Waals surface area contributed by atoms with E-state index in [9.17, 15) is 9.59 Å². The molecule has 2 aliphatic rings. The number of likely N-dealkylation sites (tertiary alicyclic amines) is 1. The van der Waals surface area contributed by atoms with Gasteiger partial charge < -0.3 is 24.4 Å². The predicted octanol–water partition coefficient (Wildman–Crippen LogP) is 0.389. The van der Waals surface area contributed by atoms with Gasteiger partial charge in [-0.3, -0.25) is 9.59 Å². The minimum absolute atomic E-state index is 0.0109. The van der Waals surface area contributed by atoms with Crippen LogP contribution in [-0.4, -0.2) is 50.3 Å². The smallest absolute Gasteiger partial charge is 0.231 e. The van der Waals surface area contributed by atoms with Crippen LogP contribution in [0.5, 0.6) is 17.2 Å². The lowest BCUT2D eigenvalue weighted by molar-refractivity contribution is -0.128. The molecule has 0 aliphatic carbocycles. The Labute approximate surface area is 128 Å². The zero-order valence-corrected chi connectivity index (χ0v) is 12.3. The average molecular weight is 306 g/mol. The zero-order valence-electron chi connectivity index (χ0n) is 12.3. The maximum atomic E-state index is 11.9. The van der Waals surface area contributed by atoms with Crippen molar-refractivity contribution in [2.24, 2.45) is 5.92 Å². The van der Waals surface area contributed by atoms with Crippen molar-refractivity contribution in [3.63, 3.8) is 0 Å². The first-order valence-electron chi connectivity index (χ1n) is 7.17. The van der Waals surface area contributed by atoms with Gasteiger partial charge in [-0.2, -0.15) is 0 Å². The maximum Gasteiger partial charge on any atom is 0.231 e. The number of nitrogens with one attached hydrogen (secondary N) is 1. The van der Waals surface area contributed by atoms with E-state index < -0.39 is 0 Å². The number of amides is 2. The van der Waals surface area contributed by atoms with Gasteiger partial charge in [-0.1, -0.05) is 0 Å². The van der Waals surface area contributed by atoms with Gasteiger partial charge in [0.1, 0.15) is 12.4 Å². The molecule has 1 unspecified atom stereocenters. The molecule has 1 N–H and O–H groups in total. The zero-order chi connectivity index (χ0) is 15.5. The number of hydrogen-bond acceptors (Lipinski definition) is 5. The molecular formula is C15H18N2O5. The molecule has 1 aromatic carbocycles. The first-order valence-corrected chi connectivity index (χ1v) is 7.17. The highest BCUT2D eigenvalue weighted by Gasteiger charge is 2.31. The van der Waals surface area contributed by atoms with Gasteiger partial charge in [0, 0.05) is 26.1 Å². The van der Waals surface area contributed by atoms with Crippen molar-refractivity contribution in [1.29, 1.82) is 0 Å². The summed E-state index contributed by atoms with van der Waals surface area (Å²) < 4.78 is 16.0. The number of nitrogens with zero attached hydrogens (tertiary/aromatic N) is 1. The highest BCUT2D eigenvalue weighted by Crippen LogP contribution is 2.34. The lowest BCUT2D eigenvalue weighted by Gasteiger charge is -2.11. The minimum Gasteiger partial charge on any atom is -0.492 e. The lowest BCUT2D eigenvalue weighted by Crippen LogP contribution is -2.34. The molecule has 22 heavy (non-hydrogen) atoms. The van der Waals surface area contributed by atoms with Crippen molar-refractivity contribution < 1.29 is 23.8 Å². The summed E-state index contributed by atoms with van der Waals surface area (Å²) >= 11 is 0. The second-order valence-corrected chi connectivity index (χ2v) is 5.33. The summed E-state index contributed by atoms with van der Waals surface area (Å²) in [5, 5.41) is 2.79. The van der Waals surface area contributed by atoms with Gasteiger partial charge in [-0.25, -0.2) is 0 Å². The predicted molar refractivity (Wildman–Crippen MR) is 76.8 cm³/mol. The second kappa shape index (κ2) is 6.13. The van der Waals surface area contributed by atoms with Crippen LogP contribution in [0.2, 0.25) is 0 Å². The van der Waals surface area contributed by atoms with Crippen molar-refractivity contribution >= 4 is 11.8 Å². The molecule has 7 heteroatoms. The molecule has 2 aliphatic heterocycles. The Bertz CT molecular complexity index is 589. The number of hydrogen-bond donors (Lipinski definition) is 1. The lowest BCUT2D eigenvalue weighted by atomic mass is 10.1. The maximum absolute atomic E-state index is 11.9. The highest BCUT2D eigenvalue weighted by molar-refractivity contribution is 5.89. The Kier molecular flexibility index (Phi) is 4.04. The number of rotatable bonds is 5. The van der Waals surface area contributed by atoms with Gasteiger partial charge >= 0.3 is 0 Å². The minimum atomic E-state index is -0.261. The van der Waals surface area contributed by atoms with Crippen LogP contribution in [0, 0.1) is 5.92 Å². The van der Waals surface area contributed by atoms with Gasteiger partial charge in [0.05, 0.1) is 12.5 Å². The van der Waals surface area contributed by atoms with E-state index in [1.807, 2.05) is 0 Å². The molecule has 0 bridgehead atoms. The molecular weight excluding hydrogens is 288 g/mol. The molecule has 118 valence electrons. The molecule has 1 aromatic rings. The Morgan fingerprint density at radius 3 is 3.00 bits per heavy atom. The van der Waals surface area contributed by atoms with Gasteiger partial charge in [-0.15, -0.1) is 0 Å². The van der Waals surface area contributed by atoms with Crippen LogP contribution in [0.3, 0.4) is 0 Å². The highest BCUT2D eigenvalue weighted by atomic mass is 16.7. The number of carbonyl (C=O) groups excluding carboxylic acids is 2. The van der Waals surface area contributed by atoms with Crippen molar-refractivity contribution in [1.82, 2.24) is 10.2 Å². The average Bonchev–Trinajstić information content (AvgIpc) is 3.10. The summed E-state index contributed by atoms with van der Waals surface area (Å²) in [4.78, 5) is 24.9. The number of carbonyl (C=O) groups is 2. The number of fused-ring (bicyclic) bond motifs is 1. The van der Waals surface area contributed by atoms with E-state index in [4.69, 9.17) is 14.2 Å². The molecule has 1 atom stereocenters. The van der Waals surface area contributed by atoms with Crippen LogP contribution in [-0.2, 0) is 9.59 Å². The van der Waals surface area contributed by atoms with Gasteiger partial charge in [0.2, 0.25) is 18.6 Å². The monoisotopic (exact) mass is 306 g/mol. The summed E-state index contributed by atoms with van der Waals surface area (Å²) in [5.41, 5.74) is 0. The first kappa shape index (κ1) is 14.5. The fraction of sp³-hybridized carbons (Fsp3) is 0.467. The third kappa shape index (κ3) is 3.08.